The minimum Gasteiger partial charge on any atom is -0.380 e. The molecule has 0 spiro atoms. The number of benzene rings is 1. The van der Waals surface area contributed by atoms with Crippen molar-refractivity contribution in [2.45, 2.75) is 6.61 Å². The third-order valence-corrected chi connectivity index (χ3v) is 1.44. The van der Waals surface area contributed by atoms with E-state index in [-0.39, 0.29) is 12.4 Å². The number of methoxy groups -OCH3 is 1. The Morgan fingerprint density at radius 2 is 2.08 bits per heavy atom. The smallest absolute Gasteiger partial charge is 0.0995 e. The van der Waals surface area contributed by atoms with Crippen LogP contribution in [0.2, 0.25) is 0 Å². The molecule has 12 heavy (non-hydrogen) atoms. The van der Waals surface area contributed by atoms with Crippen molar-refractivity contribution in [3.8, 4) is 6.07 Å². The largest absolute Gasteiger partial charge is 0.380 e. The fourth-order valence-corrected chi connectivity index (χ4v) is 0.911. The van der Waals surface area contributed by atoms with Gasteiger partial charge in [-0.25, -0.2) is 0 Å². The quantitative estimate of drug-likeness (QED) is 0.704. The van der Waals surface area contributed by atoms with Crippen LogP contribution in [-0.2, 0) is 11.3 Å². The number of hydrogen-bond acceptors (Lipinski definition) is 2. The second-order valence-electron chi connectivity index (χ2n) is 2.20. The summed E-state index contributed by atoms with van der Waals surface area (Å²) in [5, 5.41) is 8.64. The fourth-order valence-electron chi connectivity index (χ4n) is 0.911. The average molecular weight is 184 g/mol. The Morgan fingerprint density at radius 1 is 1.42 bits per heavy atom. The Bertz CT molecular complexity index is 280. The van der Waals surface area contributed by atoms with Crippen LogP contribution in [0, 0.1) is 11.3 Å². The van der Waals surface area contributed by atoms with E-state index in [0.29, 0.717) is 12.2 Å². The van der Waals surface area contributed by atoms with Crippen molar-refractivity contribution in [3.05, 3.63) is 35.4 Å². The predicted octanol–water partition coefficient (Wildman–Crippen LogP) is 2.13. The Balaban J connectivity index is 0.00000121. The molecule has 1 aromatic carbocycles. The van der Waals surface area contributed by atoms with E-state index in [1.807, 2.05) is 18.2 Å². The lowest BCUT2D eigenvalue weighted by atomic mass is 10.1. The highest BCUT2D eigenvalue weighted by molar-refractivity contribution is 5.85. The Labute approximate surface area is 78.2 Å². The first kappa shape index (κ1) is 11.0. The summed E-state index contributed by atoms with van der Waals surface area (Å²) < 4.78 is 4.92. The number of ether oxygens (including phenoxy) is 1. The zero-order chi connectivity index (χ0) is 8.10. The highest BCUT2D eigenvalue weighted by atomic mass is 35.5. The SMILES string of the molecule is COCc1ccccc1C#N.Cl. The van der Waals surface area contributed by atoms with Crippen molar-refractivity contribution in [1.29, 1.82) is 5.26 Å². The molecule has 0 aliphatic rings. The first-order valence-electron chi connectivity index (χ1n) is 3.35. The van der Waals surface area contributed by atoms with Gasteiger partial charge >= 0.3 is 0 Å². The van der Waals surface area contributed by atoms with Crippen molar-refractivity contribution < 1.29 is 4.74 Å². The number of nitriles is 1. The van der Waals surface area contributed by atoms with E-state index in [4.69, 9.17) is 10.00 Å². The van der Waals surface area contributed by atoms with Gasteiger partial charge in [0.15, 0.2) is 0 Å². The van der Waals surface area contributed by atoms with Gasteiger partial charge in [0.25, 0.3) is 0 Å². The Morgan fingerprint density at radius 3 is 2.67 bits per heavy atom. The summed E-state index contributed by atoms with van der Waals surface area (Å²) in [6.45, 7) is 0.504. The average Bonchev–Trinajstić information content (AvgIpc) is 2.06. The molecule has 0 atom stereocenters. The van der Waals surface area contributed by atoms with Crippen LogP contribution in [0.15, 0.2) is 24.3 Å². The van der Waals surface area contributed by atoms with E-state index in [0.717, 1.165) is 5.56 Å². The molecule has 0 N–H and O–H groups in total. The summed E-state index contributed by atoms with van der Waals surface area (Å²) in [6, 6.07) is 9.52. The molecule has 0 fully saturated rings. The summed E-state index contributed by atoms with van der Waals surface area (Å²) in [6.07, 6.45) is 0. The lowest BCUT2D eigenvalue weighted by Crippen LogP contribution is -1.90. The van der Waals surface area contributed by atoms with Gasteiger partial charge in [-0.3, -0.25) is 0 Å². The van der Waals surface area contributed by atoms with E-state index in [2.05, 4.69) is 6.07 Å². The predicted molar refractivity (Wildman–Crippen MR) is 49.1 cm³/mol. The lowest BCUT2D eigenvalue weighted by molar-refractivity contribution is 0.184. The first-order chi connectivity index (χ1) is 5.38. The topological polar surface area (TPSA) is 33.0 Å². The van der Waals surface area contributed by atoms with Crippen LogP contribution >= 0.6 is 12.4 Å². The maximum atomic E-state index is 8.64. The molecule has 1 rings (SSSR count). The molecule has 1 aromatic rings. The standard InChI is InChI=1S/C9H9NO.ClH/c1-11-7-9-5-3-2-4-8(9)6-10;/h2-5H,7H2,1H3;1H. The van der Waals surface area contributed by atoms with Crippen LogP contribution in [0.3, 0.4) is 0 Å². The monoisotopic (exact) mass is 183 g/mol. The molecule has 3 heteroatoms. The van der Waals surface area contributed by atoms with Crippen LogP contribution in [-0.4, -0.2) is 7.11 Å². The van der Waals surface area contributed by atoms with E-state index in [1.165, 1.54) is 0 Å². The van der Waals surface area contributed by atoms with Gasteiger partial charge in [0, 0.05) is 7.11 Å². The summed E-state index contributed by atoms with van der Waals surface area (Å²) in [5.74, 6) is 0. The summed E-state index contributed by atoms with van der Waals surface area (Å²) >= 11 is 0. The minimum absolute atomic E-state index is 0. The first-order valence-corrected chi connectivity index (χ1v) is 3.35. The van der Waals surface area contributed by atoms with E-state index < -0.39 is 0 Å². The molecule has 0 unspecified atom stereocenters. The van der Waals surface area contributed by atoms with E-state index >= 15 is 0 Å². The molecule has 0 saturated carbocycles. The van der Waals surface area contributed by atoms with Crippen molar-refractivity contribution in [2.75, 3.05) is 7.11 Å². The van der Waals surface area contributed by atoms with Crippen molar-refractivity contribution in [2.24, 2.45) is 0 Å². The molecule has 0 radical (unpaired) electrons. The third kappa shape index (κ3) is 2.54. The Hall–Kier alpha value is -1.04. The molecule has 0 aliphatic carbocycles. The second kappa shape index (κ2) is 5.59. The van der Waals surface area contributed by atoms with Crippen LogP contribution in [0.4, 0.5) is 0 Å². The maximum Gasteiger partial charge on any atom is 0.0995 e. The molecule has 0 aliphatic heterocycles. The van der Waals surface area contributed by atoms with Gasteiger partial charge < -0.3 is 4.74 Å². The van der Waals surface area contributed by atoms with Crippen LogP contribution < -0.4 is 0 Å². The lowest BCUT2D eigenvalue weighted by Gasteiger charge is -1.99. The molecular formula is C9H10ClNO. The zero-order valence-corrected chi connectivity index (χ0v) is 7.60. The fraction of sp³-hybridized carbons (Fsp3) is 0.222. The molecule has 0 saturated heterocycles. The molecule has 0 aromatic heterocycles. The van der Waals surface area contributed by atoms with Gasteiger partial charge in [0.2, 0.25) is 0 Å². The summed E-state index contributed by atoms with van der Waals surface area (Å²) in [4.78, 5) is 0. The van der Waals surface area contributed by atoms with E-state index in [9.17, 15) is 0 Å². The number of nitrogens with zero attached hydrogens (tertiary/aromatic N) is 1. The van der Waals surface area contributed by atoms with Gasteiger partial charge in [0.1, 0.15) is 0 Å². The number of hydrogen-bond donors (Lipinski definition) is 0. The highest BCUT2D eigenvalue weighted by Gasteiger charge is 1.97. The van der Waals surface area contributed by atoms with Gasteiger partial charge in [-0.05, 0) is 11.6 Å². The maximum absolute atomic E-state index is 8.64. The van der Waals surface area contributed by atoms with Crippen molar-refractivity contribution in [3.63, 3.8) is 0 Å². The van der Waals surface area contributed by atoms with Gasteiger partial charge in [-0.15, -0.1) is 12.4 Å². The summed E-state index contributed by atoms with van der Waals surface area (Å²) in [5.41, 5.74) is 1.63. The van der Waals surface area contributed by atoms with Gasteiger partial charge in [0.05, 0.1) is 18.2 Å². The van der Waals surface area contributed by atoms with Crippen LogP contribution in [0.1, 0.15) is 11.1 Å². The van der Waals surface area contributed by atoms with E-state index in [1.54, 1.807) is 13.2 Å². The zero-order valence-electron chi connectivity index (χ0n) is 6.78. The third-order valence-electron chi connectivity index (χ3n) is 1.44. The van der Waals surface area contributed by atoms with Gasteiger partial charge in [-0.2, -0.15) is 5.26 Å². The van der Waals surface area contributed by atoms with Crippen molar-refractivity contribution in [1.82, 2.24) is 0 Å². The molecule has 0 heterocycles. The molecule has 0 amide bonds. The van der Waals surface area contributed by atoms with Crippen molar-refractivity contribution >= 4 is 12.4 Å². The summed E-state index contributed by atoms with van der Waals surface area (Å²) in [7, 11) is 1.62. The number of halogens is 1. The molecule has 64 valence electrons. The molecule has 2 nitrogen and oxygen atoms in total. The highest BCUT2D eigenvalue weighted by Crippen LogP contribution is 2.07. The van der Waals surface area contributed by atoms with Crippen LogP contribution in [0.25, 0.3) is 0 Å². The van der Waals surface area contributed by atoms with Crippen LogP contribution in [0.5, 0.6) is 0 Å². The Kier molecular flexibility index (Phi) is 5.11. The minimum atomic E-state index is 0. The number of rotatable bonds is 2. The molecule has 0 bridgehead atoms. The second-order valence-corrected chi connectivity index (χ2v) is 2.20. The van der Waals surface area contributed by atoms with Gasteiger partial charge in [-0.1, -0.05) is 18.2 Å². The normalized spacial score (nSPS) is 8.33. The molecular weight excluding hydrogens is 174 g/mol.